The van der Waals surface area contributed by atoms with Crippen molar-refractivity contribution < 1.29 is 23.1 Å². The molecular weight excluding hydrogens is 244 g/mol. The predicted molar refractivity (Wildman–Crippen MR) is 61.2 cm³/mol. The van der Waals surface area contributed by atoms with Crippen LogP contribution in [0.1, 0.15) is 39.5 Å². The molecule has 1 saturated carbocycles. The second kappa shape index (κ2) is 5.63. The molecule has 104 valence electrons. The third-order valence-corrected chi connectivity index (χ3v) is 3.61. The first-order valence-corrected chi connectivity index (χ1v) is 6.21. The molecule has 6 heteroatoms. The van der Waals surface area contributed by atoms with Crippen LogP contribution in [0.3, 0.4) is 0 Å². The minimum atomic E-state index is -4.10. The van der Waals surface area contributed by atoms with Gasteiger partial charge < -0.3 is 10.1 Å². The molecule has 0 heterocycles. The Morgan fingerprint density at radius 1 is 1.33 bits per heavy atom. The Bertz CT molecular complexity index is 322. The van der Waals surface area contributed by atoms with Crippen molar-refractivity contribution >= 4 is 11.9 Å². The Morgan fingerprint density at radius 3 is 2.33 bits per heavy atom. The fourth-order valence-electron chi connectivity index (χ4n) is 2.03. The Balaban J connectivity index is 2.51. The second-order valence-electron chi connectivity index (χ2n) is 4.68. The van der Waals surface area contributed by atoms with Crippen LogP contribution in [0.2, 0.25) is 0 Å². The highest BCUT2D eigenvalue weighted by Gasteiger charge is 2.49. The van der Waals surface area contributed by atoms with Crippen LogP contribution in [-0.4, -0.2) is 31.0 Å². The summed E-state index contributed by atoms with van der Waals surface area (Å²) >= 11 is 0. The van der Waals surface area contributed by atoms with Crippen molar-refractivity contribution in [2.45, 2.75) is 45.5 Å². The molecule has 1 aliphatic rings. The monoisotopic (exact) mass is 263 g/mol. The highest BCUT2D eigenvalue weighted by atomic mass is 19.3. The van der Waals surface area contributed by atoms with Gasteiger partial charge in [-0.05, 0) is 31.6 Å². The van der Waals surface area contributed by atoms with Crippen LogP contribution in [0.4, 0.5) is 8.78 Å². The largest absolute Gasteiger partial charge is 0.461 e. The second-order valence-corrected chi connectivity index (χ2v) is 4.68. The van der Waals surface area contributed by atoms with Gasteiger partial charge in [0.25, 0.3) is 0 Å². The van der Waals surface area contributed by atoms with Gasteiger partial charge in [0.1, 0.15) is 0 Å². The highest BCUT2D eigenvalue weighted by Crippen LogP contribution is 2.43. The maximum Gasteiger partial charge on any atom is 0.418 e. The molecule has 0 aromatic rings. The number of hydrogen-bond acceptors (Lipinski definition) is 3. The Hall–Kier alpha value is -1.20. The van der Waals surface area contributed by atoms with E-state index in [2.05, 4.69) is 10.1 Å². The van der Waals surface area contributed by atoms with Gasteiger partial charge in [0.2, 0.25) is 0 Å². The normalized spacial score (nSPS) is 17.8. The van der Waals surface area contributed by atoms with Gasteiger partial charge in [-0.3, -0.25) is 4.79 Å². The van der Waals surface area contributed by atoms with Crippen LogP contribution in [0.15, 0.2) is 0 Å². The molecule has 4 nitrogen and oxygen atoms in total. The molecule has 0 aliphatic heterocycles. The maximum absolute atomic E-state index is 13.3. The molecule has 18 heavy (non-hydrogen) atoms. The number of carbonyl (C=O) groups excluding carboxylic acids is 2. The molecule has 1 fully saturated rings. The van der Waals surface area contributed by atoms with Gasteiger partial charge in [-0.25, -0.2) is 4.79 Å². The van der Waals surface area contributed by atoms with Crippen LogP contribution in [-0.2, 0) is 14.3 Å². The zero-order valence-electron chi connectivity index (χ0n) is 10.7. The van der Waals surface area contributed by atoms with Gasteiger partial charge in [-0.1, -0.05) is 13.3 Å². The number of halogens is 2. The van der Waals surface area contributed by atoms with Crippen molar-refractivity contribution in [1.82, 2.24) is 5.32 Å². The maximum atomic E-state index is 13.3. The first kappa shape index (κ1) is 14.9. The van der Waals surface area contributed by atoms with E-state index < -0.39 is 17.8 Å². The summed E-state index contributed by atoms with van der Waals surface area (Å²) in [6.45, 7) is 3.39. The lowest BCUT2D eigenvalue weighted by atomic mass is 9.67. The van der Waals surface area contributed by atoms with Gasteiger partial charge in [-0.15, -0.1) is 0 Å². The molecule has 0 aromatic carbocycles. The first-order valence-electron chi connectivity index (χ1n) is 6.21. The summed E-state index contributed by atoms with van der Waals surface area (Å²) in [5.74, 6) is -7.46. The van der Waals surface area contributed by atoms with Gasteiger partial charge >= 0.3 is 17.8 Å². The first-order chi connectivity index (χ1) is 8.38. The fraction of sp³-hybridized carbons (Fsp3) is 0.833. The number of nitrogens with one attached hydrogen (secondary N) is 1. The quantitative estimate of drug-likeness (QED) is 0.588. The highest BCUT2D eigenvalue weighted by molar-refractivity contribution is 6.04. The molecule has 1 rings (SSSR count). The summed E-state index contributed by atoms with van der Waals surface area (Å²) in [5, 5.41) is 2.17. The molecule has 1 amide bonds. The number of carbonyl (C=O) groups is 2. The van der Waals surface area contributed by atoms with Crippen LogP contribution < -0.4 is 5.32 Å². The number of amides is 1. The van der Waals surface area contributed by atoms with Crippen LogP contribution in [0, 0.1) is 5.41 Å². The Morgan fingerprint density at radius 2 is 1.94 bits per heavy atom. The molecular formula is C12H19F2NO3. The lowest BCUT2D eigenvalue weighted by Gasteiger charge is -2.41. The Kier molecular flexibility index (Phi) is 4.65. The molecule has 0 atom stereocenters. The summed E-state index contributed by atoms with van der Waals surface area (Å²) in [5.41, 5.74) is -0.0690. The molecule has 1 aliphatic carbocycles. The van der Waals surface area contributed by atoms with Crippen molar-refractivity contribution in [1.29, 1.82) is 0 Å². The number of alkyl halides is 2. The Labute approximate surface area is 105 Å². The van der Waals surface area contributed by atoms with Crippen LogP contribution in [0.25, 0.3) is 0 Å². The van der Waals surface area contributed by atoms with E-state index in [4.69, 9.17) is 0 Å². The number of rotatable bonds is 6. The van der Waals surface area contributed by atoms with E-state index in [9.17, 15) is 18.4 Å². The number of ether oxygens (including phenoxy) is 1. The van der Waals surface area contributed by atoms with Gasteiger partial charge in [0.05, 0.1) is 6.61 Å². The topological polar surface area (TPSA) is 55.4 Å². The zero-order chi connectivity index (χ0) is 13.8. The van der Waals surface area contributed by atoms with Gasteiger partial charge in [0, 0.05) is 6.54 Å². The molecule has 0 spiro atoms. The van der Waals surface area contributed by atoms with Gasteiger partial charge in [0.15, 0.2) is 0 Å². The minimum Gasteiger partial charge on any atom is -0.461 e. The van der Waals surface area contributed by atoms with Crippen molar-refractivity contribution in [2.75, 3.05) is 13.2 Å². The summed E-state index contributed by atoms with van der Waals surface area (Å²) in [6, 6.07) is 0. The average molecular weight is 263 g/mol. The standard InChI is InChI=1S/C12H19F2NO3/c1-3-11(6-5-7-11)8-15-9(16)12(13,14)10(17)18-4-2/h3-8H2,1-2H3,(H,15,16). The van der Waals surface area contributed by atoms with Crippen molar-refractivity contribution in [2.24, 2.45) is 5.41 Å². The van der Waals surface area contributed by atoms with E-state index in [0.717, 1.165) is 25.7 Å². The van der Waals surface area contributed by atoms with Crippen molar-refractivity contribution in [3.05, 3.63) is 0 Å². The summed E-state index contributed by atoms with van der Waals surface area (Å²) < 4.78 is 30.8. The number of esters is 1. The molecule has 0 aromatic heterocycles. The van der Waals surface area contributed by atoms with E-state index in [1.807, 2.05) is 6.92 Å². The summed E-state index contributed by atoms with van der Waals surface area (Å²) in [6.07, 6.45) is 3.74. The van der Waals surface area contributed by atoms with E-state index in [1.54, 1.807) is 0 Å². The van der Waals surface area contributed by atoms with Crippen LogP contribution in [0.5, 0.6) is 0 Å². The van der Waals surface area contributed by atoms with E-state index in [0.29, 0.717) is 0 Å². The third-order valence-electron chi connectivity index (χ3n) is 3.61. The molecule has 0 unspecified atom stereocenters. The predicted octanol–water partition coefficient (Wildman–Crippen LogP) is 1.88. The van der Waals surface area contributed by atoms with Crippen LogP contribution >= 0.6 is 0 Å². The molecule has 0 saturated heterocycles. The smallest absolute Gasteiger partial charge is 0.418 e. The van der Waals surface area contributed by atoms with E-state index >= 15 is 0 Å². The number of hydrogen-bond donors (Lipinski definition) is 1. The van der Waals surface area contributed by atoms with Gasteiger partial charge in [-0.2, -0.15) is 8.78 Å². The van der Waals surface area contributed by atoms with E-state index in [1.165, 1.54) is 6.92 Å². The lowest BCUT2D eigenvalue weighted by molar-refractivity contribution is -0.177. The van der Waals surface area contributed by atoms with E-state index in [-0.39, 0.29) is 18.6 Å². The van der Waals surface area contributed by atoms with Crippen molar-refractivity contribution in [3.8, 4) is 0 Å². The fourth-order valence-corrected chi connectivity index (χ4v) is 2.03. The molecule has 0 bridgehead atoms. The van der Waals surface area contributed by atoms with Crippen molar-refractivity contribution in [3.63, 3.8) is 0 Å². The minimum absolute atomic E-state index is 0.0690. The lowest BCUT2D eigenvalue weighted by Crippen LogP contribution is -2.51. The zero-order valence-corrected chi connectivity index (χ0v) is 10.7. The summed E-state index contributed by atoms with van der Waals surface area (Å²) in [7, 11) is 0. The summed E-state index contributed by atoms with van der Waals surface area (Å²) in [4.78, 5) is 22.3. The molecule has 0 radical (unpaired) electrons. The SMILES string of the molecule is CCOC(=O)C(F)(F)C(=O)NCC1(CC)CCC1. The third kappa shape index (κ3) is 2.97. The average Bonchev–Trinajstić information content (AvgIpc) is 2.28. The molecule has 1 N–H and O–H groups in total.